The zero-order valence-corrected chi connectivity index (χ0v) is 13.5. The predicted octanol–water partition coefficient (Wildman–Crippen LogP) is 3.93. The molecule has 0 saturated heterocycles. The van der Waals surface area contributed by atoms with Crippen molar-refractivity contribution in [2.45, 2.75) is 26.3 Å². The Morgan fingerprint density at radius 1 is 1.35 bits per heavy atom. The lowest BCUT2D eigenvalue weighted by Crippen LogP contribution is -2.23. The maximum atomic E-state index is 6.27. The van der Waals surface area contributed by atoms with Gasteiger partial charge < -0.3 is 5.32 Å². The fourth-order valence-electron chi connectivity index (χ4n) is 2.30. The van der Waals surface area contributed by atoms with Gasteiger partial charge in [0.15, 0.2) is 0 Å². The van der Waals surface area contributed by atoms with Gasteiger partial charge in [-0.25, -0.2) is 0 Å². The highest BCUT2D eigenvalue weighted by atomic mass is 35.5. The highest BCUT2D eigenvalue weighted by Crippen LogP contribution is 2.27. The molecule has 1 N–H and O–H groups in total. The number of aryl methyl sites for hydroxylation is 1. The third kappa shape index (κ3) is 3.35. The average Bonchev–Trinajstić information content (AvgIpc) is 2.73. The van der Waals surface area contributed by atoms with Gasteiger partial charge in [-0.15, -0.1) is 0 Å². The van der Waals surface area contributed by atoms with E-state index in [1.165, 1.54) is 11.3 Å². The number of hydrogen-bond acceptors (Lipinski definition) is 2. The van der Waals surface area contributed by atoms with Crippen molar-refractivity contribution in [1.29, 1.82) is 0 Å². The maximum absolute atomic E-state index is 6.27. The normalized spacial score (nSPS) is 12.7. The molecule has 108 valence electrons. The number of halogens is 2. The molecule has 1 atom stereocenters. The number of nitrogens with zero attached hydrogens (tertiary/aromatic N) is 2. The molecule has 2 aromatic rings. The minimum Gasteiger partial charge on any atom is -0.310 e. The Bertz CT molecular complexity index is 593. The van der Waals surface area contributed by atoms with Gasteiger partial charge in [0.25, 0.3) is 0 Å². The molecule has 0 fully saturated rings. The van der Waals surface area contributed by atoms with Crippen LogP contribution in [0.2, 0.25) is 10.0 Å². The van der Waals surface area contributed by atoms with Gasteiger partial charge in [0.05, 0.1) is 6.20 Å². The van der Waals surface area contributed by atoms with Crippen molar-refractivity contribution >= 4 is 23.2 Å². The Morgan fingerprint density at radius 2 is 2.10 bits per heavy atom. The molecule has 1 aromatic heterocycles. The first kappa shape index (κ1) is 15.4. The van der Waals surface area contributed by atoms with Crippen molar-refractivity contribution in [3.8, 4) is 0 Å². The molecule has 0 radical (unpaired) electrons. The van der Waals surface area contributed by atoms with Gasteiger partial charge in [-0.2, -0.15) is 5.10 Å². The first-order valence-corrected chi connectivity index (χ1v) is 7.44. The predicted molar refractivity (Wildman–Crippen MR) is 84.5 cm³/mol. The largest absolute Gasteiger partial charge is 0.310 e. The van der Waals surface area contributed by atoms with Crippen LogP contribution in [0, 0.1) is 6.92 Å². The summed E-state index contributed by atoms with van der Waals surface area (Å²) in [5.74, 6) is 0. The van der Waals surface area contributed by atoms with Gasteiger partial charge >= 0.3 is 0 Å². The lowest BCUT2D eigenvalue weighted by molar-refractivity contribution is 0.546. The van der Waals surface area contributed by atoms with Crippen molar-refractivity contribution in [3.63, 3.8) is 0 Å². The lowest BCUT2D eigenvalue weighted by Gasteiger charge is -2.18. The molecule has 1 heterocycles. The first-order valence-electron chi connectivity index (χ1n) is 6.68. The Kier molecular flexibility index (Phi) is 5.08. The van der Waals surface area contributed by atoms with Gasteiger partial charge in [-0.05, 0) is 37.6 Å². The van der Waals surface area contributed by atoms with Gasteiger partial charge in [-0.3, -0.25) is 4.68 Å². The number of aromatic nitrogens is 2. The molecule has 0 aliphatic heterocycles. The third-order valence-corrected chi connectivity index (χ3v) is 4.13. The number of rotatable bonds is 5. The Balaban J connectivity index is 2.28. The van der Waals surface area contributed by atoms with E-state index in [-0.39, 0.29) is 6.04 Å². The molecular weight excluding hydrogens is 293 g/mol. The fourth-order valence-corrected chi connectivity index (χ4v) is 2.79. The van der Waals surface area contributed by atoms with Crippen LogP contribution in [0.25, 0.3) is 0 Å². The SMILES string of the molecule is CCNC(Cc1ccc(Cl)cc1Cl)c1cnn(C)c1C. The minimum absolute atomic E-state index is 0.201. The molecule has 1 aromatic carbocycles. The fraction of sp³-hybridized carbons (Fsp3) is 0.400. The zero-order valence-electron chi connectivity index (χ0n) is 12.0. The summed E-state index contributed by atoms with van der Waals surface area (Å²) >= 11 is 12.2. The quantitative estimate of drug-likeness (QED) is 0.906. The highest BCUT2D eigenvalue weighted by molar-refractivity contribution is 6.35. The molecule has 0 saturated carbocycles. The molecule has 20 heavy (non-hydrogen) atoms. The zero-order chi connectivity index (χ0) is 14.7. The molecule has 1 unspecified atom stereocenters. The van der Waals surface area contributed by atoms with Crippen LogP contribution in [-0.2, 0) is 13.5 Å². The molecule has 0 aliphatic carbocycles. The third-order valence-electron chi connectivity index (χ3n) is 3.54. The Hall–Kier alpha value is -1.03. The summed E-state index contributed by atoms with van der Waals surface area (Å²) in [6.07, 6.45) is 2.74. The van der Waals surface area contributed by atoms with Crippen molar-refractivity contribution in [2.75, 3.05) is 6.54 Å². The van der Waals surface area contributed by atoms with E-state index < -0.39 is 0 Å². The summed E-state index contributed by atoms with van der Waals surface area (Å²) in [5, 5.41) is 9.19. The second-order valence-electron chi connectivity index (χ2n) is 4.86. The summed E-state index contributed by atoms with van der Waals surface area (Å²) in [6, 6.07) is 5.85. The molecule has 0 bridgehead atoms. The number of hydrogen-bond donors (Lipinski definition) is 1. The number of nitrogens with one attached hydrogen (secondary N) is 1. The standard InChI is InChI=1S/C15H19Cl2N3/c1-4-18-15(13-9-19-20(3)10(13)2)7-11-5-6-12(16)8-14(11)17/h5-6,8-9,15,18H,4,7H2,1-3H3. The van der Waals surface area contributed by atoms with Crippen molar-refractivity contribution in [2.24, 2.45) is 7.05 Å². The molecule has 0 amide bonds. The summed E-state index contributed by atoms with van der Waals surface area (Å²) in [7, 11) is 1.96. The van der Waals surface area contributed by atoms with Crippen LogP contribution in [0.5, 0.6) is 0 Å². The van der Waals surface area contributed by atoms with Gasteiger partial charge in [0.1, 0.15) is 0 Å². The lowest BCUT2D eigenvalue weighted by atomic mass is 9.99. The first-order chi connectivity index (χ1) is 9.52. The molecule has 5 heteroatoms. The van der Waals surface area contributed by atoms with Crippen molar-refractivity contribution in [1.82, 2.24) is 15.1 Å². The molecular formula is C15H19Cl2N3. The topological polar surface area (TPSA) is 29.9 Å². The summed E-state index contributed by atoms with van der Waals surface area (Å²) in [4.78, 5) is 0. The monoisotopic (exact) mass is 311 g/mol. The van der Waals surface area contributed by atoms with E-state index in [4.69, 9.17) is 23.2 Å². The second kappa shape index (κ2) is 6.61. The van der Waals surface area contributed by atoms with E-state index in [1.54, 1.807) is 6.07 Å². The van der Waals surface area contributed by atoms with Crippen LogP contribution < -0.4 is 5.32 Å². The highest BCUT2D eigenvalue weighted by Gasteiger charge is 2.17. The van der Waals surface area contributed by atoms with Crippen LogP contribution in [0.3, 0.4) is 0 Å². The van der Waals surface area contributed by atoms with Crippen LogP contribution in [0.1, 0.15) is 29.8 Å². The maximum Gasteiger partial charge on any atom is 0.0540 e. The Morgan fingerprint density at radius 3 is 2.65 bits per heavy atom. The average molecular weight is 312 g/mol. The van der Waals surface area contributed by atoms with E-state index in [1.807, 2.05) is 30.1 Å². The molecule has 3 nitrogen and oxygen atoms in total. The van der Waals surface area contributed by atoms with Crippen LogP contribution in [0.15, 0.2) is 24.4 Å². The van der Waals surface area contributed by atoms with E-state index >= 15 is 0 Å². The molecule has 0 aliphatic rings. The number of likely N-dealkylation sites (N-methyl/N-ethyl adjacent to an activating group) is 1. The van der Waals surface area contributed by atoms with Crippen LogP contribution >= 0.6 is 23.2 Å². The van der Waals surface area contributed by atoms with E-state index in [9.17, 15) is 0 Å². The second-order valence-corrected chi connectivity index (χ2v) is 5.70. The van der Waals surface area contributed by atoms with Gasteiger partial charge in [0, 0.05) is 34.4 Å². The van der Waals surface area contributed by atoms with Gasteiger partial charge in [-0.1, -0.05) is 36.2 Å². The van der Waals surface area contributed by atoms with E-state index in [0.717, 1.165) is 18.5 Å². The smallest absolute Gasteiger partial charge is 0.0540 e. The van der Waals surface area contributed by atoms with E-state index in [0.29, 0.717) is 10.0 Å². The Labute approximate surface area is 129 Å². The summed E-state index contributed by atoms with van der Waals surface area (Å²) < 4.78 is 1.89. The molecule has 2 rings (SSSR count). The van der Waals surface area contributed by atoms with Crippen molar-refractivity contribution in [3.05, 3.63) is 51.3 Å². The summed E-state index contributed by atoms with van der Waals surface area (Å²) in [6.45, 7) is 5.07. The van der Waals surface area contributed by atoms with Crippen LogP contribution in [-0.4, -0.2) is 16.3 Å². The van der Waals surface area contributed by atoms with E-state index in [2.05, 4.69) is 24.3 Å². The number of benzene rings is 1. The molecule has 0 spiro atoms. The minimum atomic E-state index is 0.201. The van der Waals surface area contributed by atoms with Crippen LogP contribution in [0.4, 0.5) is 0 Å². The van der Waals surface area contributed by atoms with Gasteiger partial charge in [0.2, 0.25) is 0 Å². The van der Waals surface area contributed by atoms with Crippen molar-refractivity contribution < 1.29 is 0 Å². The summed E-state index contributed by atoms with van der Waals surface area (Å²) in [5.41, 5.74) is 3.46.